The van der Waals surface area contributed by atoms with Crippen LogP contribution in [0.25, 0.3) is 0 Å². The van der Waals surface area contributed by atoms with Crippen LogP contribution in [0.4, 0.5) is 5.69 Å². The van der Waals surface area contributed by atoms with Gasteiger partial charge in [-0.15, -0.1) is 0 Å². The highest BCUT2D eigenvalue weighted by molar-refractivity contribution is 7.88. The maximum atomic E-state index is 12.5. The number of sulfonamides is 1. The molecule has 1 fully saturated rings. The number of carbonyl (C=O) groups excluding carboxylic acids is 1. The number of hydrogen-bond donors (Lipinski definition) is 1. The lowest BCUT2D eigenvalue weighted by Gasteiger charge is -2.29. The van der Waals surface area contributed by atoms with Gasteiger partial charge in [-0.1, -0.05) is 0 Å². The fourth-order valence-corrected chi connectivity index (χ4v) is 4.22. The van der Waals surface area contributed by atoms with Crippen LogP contribution in [0.1, 0.15) is 31.0 Å². The predicted octanol–water partition coefficient (Wildman–Crippen LogP) is 1.07. The number of piperidine rings is 1. The van der Waals surface area contributed by atoms with Gasteiger partial charge in [-0.2, -0.15) is 10.2 Å². The Balaban J connectivity index is 1.56. The summed E-state index contributed by atoms with van der Waals surface area (Å²) in [5.41, 5.74) is 2.84. The van der Waals surface area contributed by atoms with E-state index in [9.17, 15) is 13.2 Å². The molecule has 0 unspecified atom stereocenters. The van der Waals surface area contributed by atoms with E-state index < -0.39 is 10.0 Å². The molecule has 2 aromatic rings. The first-order valence-electron chi connectivity index (χ1n) is 9.07. The summed E-state index contributed by atoms with van der Waals surface area (Å²) in [5.74, 6) is -0.269. The third-order valence-corrected chi connectivity index (χ3v) is 6.33. The maximum Gasteiger partial charge on any atom is 0.227 e. The van der Waals surface area contributed by atoms with Crippen molar-refractivity contribution in [3.8, 4) is 0 Å². The van der Waals surface area contributed by atoms with E-state index >= 15 is 0 Å². The largest absolute Gasteiger partial charge is 0.323 e. The summed E-state index contributed by atoms with van der Waals surface area (Å²) in [5, 5.41) is 11.5. The van der Waals surface area contributed by atoms with E-state index in [1.54, 1.807) is 17.1 Å². The predicted molar refractivity (Wildman–Crippen MR) is 102 cm³/mol. The molecule has 1 N–H and O–H groups in total. The van der Waals surface area contributed by atoms with Crippen LogP contribution in [0.5, 0.6) is 0 Å². The second-order valence-electron chi connectivity index (χ2n) is 6.92. The molecule has 1 aliphatic heterocycles. The number of rotatable bonds is 6. The third kappa shape index (κ3) is 4.56. The van der Waals surface area contributed by atoms with E-state index in [4.69, 9.17) is 0 Å². The van der Waals surface area contributed by atoms with Gasteiger partial charge in [0, 0.05) is 43.0 Å². The molecular weight excluding hydrogens is 368 g/mol. The molecule has 1 saturated heterocycles. The summed E-state index contributed by atoms with van der Waals surface area (Å²) in [4.78, 5) is 12.5. The Labute approximate surface area is 159 Å². The Hall–Kier alpha value is -2.20. The molecule has 0 saturated carbocycles. The molecule has 0 aliphatic carbocycles. The van der Waals surface area contributed by atoms with E-state index in [0.717, 1.165) is 17.8 Å². The normalized spacial score (nSPS) is 16.6. The number of anilines is 1. The topological polar surface area (TPSA) is 102 Å². The molecule has 1 amide bonds. The maximum absolute atomic E-state index is 12.5. The Morgan fingerprint density at radius 3 is 2.56 bits per heavy atom. The molecule has 27 heavy (non-hydrogen) atoms. The van der Waals surface area contributed by atoms with Gasteiger partial charge >= 0.3 is 0 Å². The van der Waals surface area contributed by atoms with Gasteiger partial charge in [0.05, 0.1) is 30.9 Å². The number of carbonyl (C=O) groups is 1. The smallest absolute Gasteiger partial charge is 0.227 e. The van der Waals surface area contributed by atoms with E-state index in [-0.39, 0.29) is 11.8 Å². The molecule has 0 aromatic carbocycles. The molecule has 0 radical (unpaired) electrons. The van der Waals surface area contributed by atoms with Gasteiger partial charge in [0.15, 0.2) is 0 Å². The first-order valence-corrected chi connectivity index (χ1v) is 10.9. The van der Waals surface area contributed by atoms with Crippen molar-refractivity contribution in [1.29, 1.82) is 0 Å². The van der Waals surface area contributed by atoms with Crippen LogP contribution in [0.15, 0.2) is 18.6 Å². The summed E-state index contributed by atoms with van der Waals surface area (Å²) >= 11 is 0. The summed E-state index contributed by atoms with van der Waals surface area (Å²) in [6.45, 7) is 6.26. The Kier molecular flexibility index (Phi) is 5.66. The highest BCUT2D eigenvalue weighted by atomic mass is 32.2. The van der Waals surface area contributed by atoms with Crippen molar-refractivity contribution in [1.82, 2.24) is 23.9 Å². The molecular formula is C17H26N6O3S. The summed E-state index contributed by atoms with van der Waals surface area (Å²) in [6.07, 6.45) is 7.53. The van der Waals surface area contributed by atoms with Gasteiger partial charge in [-0.3, -0.25) is 14.2 Å². The fraction of sp³-hybridized carbons (Fsp3) is 0.588. The van der Waals surface area contributed by atoms with E-state index in [2.05, 4.69) is 15.5 Å². The standard InChI is InChI=1S/C17H26N6O3S/c1-4-23-13(2)15(9-19-23)11-21-12-16(10-18-21)20-17(24)14-5-7-22(8-6-14)27(3,25)26/h9-10,12,14H,4-8,11H2,1-3H3,(H,20,24). The van der Waals surface area contributed by atoms with Crippen LogP contribution >= 0.6 is 0 Å². The second kappa shape index (κ2) is 7.81. The van der Waals surface area contributed by atoms with Crippen molar-refractivity contribution in [3.63, 3.8) is 0 Å². The lowest BCUT2D eigenvalue weighted by molar-refractivity contribution is -0.120. The van der Waals surface area contributed by atoms with Gasteiger partial charge in [0.1, 0.15) is 0 Å². The van der Waals surface area contributed by atoms with Crippen molar-refractivity contribution in [2.75, 3.05) is 24.7 Å². The SMILES string of the molecule is CCn1ncc(Cn2cc(NC(=O)C3CCN(S(C)(=O)=O)CC3)cn2)c1C. The summed E-state index contributed by atoms with van der Waals surface area (Å²) in [6, 6.07) is 0. The molecule has 10 heteroatoms. The number of nitrogens with one attached hydrogen (secondary N) is 1. The van der Waals surface area contributed by atoms with Crippen LogP contribution in [-0.4, -0.2) is 57.5 Å². The molecule has 3 rings (SSSR count). The monoisotopic (exact) mass is 394 g/mol. The minimum atomic E-state index is -3.18. The highest BCUT2D eigenvalue weighted by Gasteiger charge is 2.29. The van der Waals surface area contributed by atoms with Gasteiger partial charge in [0.25, 0.3) is 0 Å². The fourth-order valence-electron chi connectivity index (χ4n) is 3.34. The van der Waals surface area contributed by atoms with Crippen LogP contribution in [0.3, 0.4) is 0 Å². The average Bonchev–Trinajstić information content (AvgIpc) is 3.21. The van der Waals surface area contributed by atoms with Gasteiger partial charge in [-0.25, -0.2) is 12.7 Å². The molecule has 1 aliphatic rings. The Morgan fingerprint density at radius 1 is 1.26 bits per heavy atom. The van der Waals surface area contributed by atoms with Crippen LogP contribution in [0, 0.1) is 12.8 Å². The second-order valence-corrected chi connectivity index (χ2v) is 8.91. The highest BCUT2D eigenvalue weighted by Crippen LogP contribution is 2.21. The summed E-state index contributed by atoms with van der Waals surface area (Å²) < 4.78 is 28.2. The van der Waals surface area contributed by atoms with Gasteiger partial charge < -0.3 is 5.32 Å². The number of amides is 1. The lowest BCUT2D eigenvalue weighted by atomic mass is 9.97. The van der Waals surface area contributed by atoms with E-state index in [0.29, 0.717) is 38.2 Å². The Morgan fingerprint density at radius 2 is 1.96 bits per heavy atom. The molecule has 0 spiro atoms. The minimum Gasteiger partial charge on any atom is -0.323 e. The van der Waals surface area contributed by atoms with Crippen molar-refractivity contribution < 1.29 is 13.2 Å². The van der Waals surface area contributed by atoms with Crippen molar-refractivity contribution in [2.45, 2.75) is 39.8 Å². The van der Waals surface area contributed by atoms with Crippen molar-refractivity contribution in [2.24, 2.45) is 5.92 Å². The van der Waals surface area contributed by atoms with E-state index in [1.165, 1.54) is 10.6 Å². The number of nitrogens with zero attached hydrogens (tertiary/aromatic N) is 5. The van der Waals surface area contributed by atoms with Crippen molar-refractivity contribution in [3.05, 3.63) is 29.8 Å². The minimum absolute atomic E-state index is 0.0855. The number of aryl methyl sites for hydroxylation is 1. The third-order valence-electron chi connectivity index (χ3n) is 5.03. The van der Waals surface area contributed by atoms with Gasteiger partial charge in [0.2, 0.25) is 15.9 Å². The first-order chi connectivity index (χ1) is 12.8. The summed E-state index contributed by atoms with van der Waals surface area (Å²) in [7, 11) is -3.18. The number of aromatic nitrogens is 4. The molecule has 9 nitrogen and oxygen atoms in total. The van der Waals surface area contributed by atoms with E-state index in [1.807, 2.05) is 24.7 Å². The molecule has 148 valence electrons. The number of hydrogen-bond acceptors (Lipinski definition) is 5. The molecule has 2 aromatic heterocycles. The van der Waals surface area contributed by atoms with Crippen LogP contribution in [-0.2, 0) is 27.9 Å². The molecule has 3 heterocycles. The first kappa shape index (κ1) is 19.6. The molecule has 0 atom stereocenters. The zero-order valence-electron chi connectivity index (χ0n) is 15.9. The Bertz CT molecular complexity index is 909. The average molecular weight is 395 g/mol. The lowest BCUT2D eigenvalue weighted by Crippen LogP contribution is -2.40. The van der Waals surface area contributed by atoms with Crippen LogP contribution in [0.2, 0.25) is 0 Å². The molecule has 0 bridgehead atoms. The van der Waals surface area contributed by atoms with Crippen molar-refractivity contribution >= 4 is 21.6 Å². The van der Waals surface area contributed by atoms with Gasteiger partial charge in [-0.05, 0) is 26.7 Å². The van der Waals surface area contributed by atoms with Crippen LogP contribution < -0.4 is 5.32 Å². The quantitative estimate of drug-likeness (QED) is 0.789. The zero-order valence-corrected chi connectivity index (χ0v) is 16.7. The zero-order chi connectivity index (χ0) is 19.6.